The number of carbonyl (C=O) groups excluding carboxylic acids is 3. The van der Waals surface area contributed by atoms with Crippen LogP contribution in [0, 0.1) is 0 Å². The van der Waals surface area contributed by atoms with Gasteiger partial charge in [-0.2, -0.15) is 0 Å². The molecule has 5 nitrogen and oxygen atoms in total. The first kappa shape index (κ1) is 18.6. The predicted molar refractivity (Wildman–Crippen MR) is 86.2 cm³/mol. The monoisotopic (exact) mass is 318 g/mol. The molecule has 0 fully saturated rings. The lowest BCUT2D eigenvalue weighted by molar-refractivity contribution is -0.148. The summed E-state index contributed by atoms with van der Waals surface area (Å²) >= 11 is 0. The van der Waals surface area contributed by atoms with E-state index in [1.807, 2.05) is 0 Å². The van der Waals surface area contributed by atoms with Gasteiger partial charge in [-0.1, -0.05) is 36.9 Å². The number of esters is 2. The minimum Gasteiger partial charge on any atom is -0.466 e. The lowest BCUT2D eigenvalue weighted by Crippen LogP contribution is -2.31. The molecular weight excluding hydrogens is 296 g/mol. The summed E-state index contributed by atoms with van der Waals surface area (Å²) in [5.74, 6) is -1.24. The largest absolute Gasteiger partial charge is 0.466 e. The van der Waals surface area contributed by atoms with Gasteiger partial charge in [0.05, 0.1) is 12.0 Å². The van der Waals surface area contributed by atoms with Crippen LogP contribution in [0.5, 0.6) is 0 Å². The highest BCUT2D eigenvalue weighted by atomic mass is 16.5. The summed E-state index contributed by atoms with van der Waals surface area (Å²) in [5, 5.41) is 0. The number of Topliss-reactive ketones (excluding diaryl/α,β-unsaturated/α-hetero) is 1. The van der Waals surface area contributed by atoms with Gasteiger partial charge in [0.1, 0.15) is 13.0 Å². The topological polar surface area (TPSA) is 69.7 Å². The first-order valence-electron chi connectivity index (χ1n) is 7.40. The zero-order chi connectivity index (χ0) is 17.5. The van der Waals surface area contributed by atoms with Gasteiger partial charge in [-0.3, -0.25) is 14.4 Å². The fraction of sp³-hybridized carbons (Fsp3) is 0.389. The Balaban J connectivity index is 2.82. The summed E-state index contributed by atoms with van der Waals surface area (Å²) in [7, 11) is 0. The molecule has 0 heterocycles. The lowest BCUT2D eigenvalue weighted by Gasteiger charge is -2.23. The summed E-state index contributed by atoms with van der Waals surface area (Å²) in [5.41, 5.74) is 0.280. The SMILES string of the molecule is C=CCOC(=O)C(C)(C)c1ccc(C(=O)CC(=O)OCC)cc1. The summed E-state index contributed by atoms with van der Waals surface area (Å²) in [4.78, 5) is 35.4. The highest BCUT2D eigenvalue weighted by Crippen LogP contribution is 2.25. The van der Waals surface area contributed by atoms with Crippen LogP contribution in [-0.2, 0) is 24.5 Å². The molecule has 124 valence electrons. The maximum absolute atomic E-state index is 12.1. The zero-order valence-corrected chi connectivity index (χ0v) is 13.8. The number of ketones is 1. The van der Waals surface area contributed by atoms with Gasteiger partial charge in [0.25, 0.3) is 0 Å². The zero-order valence-electron chi connectivity index (χ0n) is 13.8. The summed E-state index contributed by atoms with van der Waals surface area (Å²) in [6.07, 6.45) is 1.21. The van der Waals surface area contributed by atoms with Crippen LogP contribution in [0.15, 0.2) is 36.9 Å². The van der Waals surface area contributed by atoms with E-state index >= 15 is 0 Å². The van der Waals surface area contributed by atoms with Crippen LogP contribution in [0.4, 0.5) is 0 Å². The molecule has 0 aliphatic heterocycles. The number of rotatable bonds is 8. The average molecular weight is 318 g/mol. The summed E-state index contributed by atoms with van der Waals surface area (Å²) in [6, 6.07) is 6.57. The van der Waals surface area contributed by atoms with Crippen LogP contribution >= 0.6 is 0 Å². The first-order chi connectivity index (χ1) is 10.8. The van der Waals surface area contributed by atoms with Crippen LogP contribution in [0.1, 0.15) is 43.1 Å². The normalized spacial score (nSPS) is 10.7. The van der Waals surface area contributed by atoms with E-state index in [2.05, 4.69) is 6.58 Å². The number of hydrogen-bond acceptors (Lipinski definition) is 5. The van der Waals surface area contributed by atoms with E-state index in [-0.39, 0.29) is 31.4 Å². The Labute approximate surface area is 136 Å². The maximum atomic E-state index is 12.1. The molecule has 0 aromatic heterocycles. The Morgan fingerprint density at radius 2 is 1.74 bits per heavy atom. The second-order valence-electron chi connectivity index (χ2n) is 5.49. The molecule has 0 radical (unpaired) electrons. The quantitative estimate of drug-likeness (QED) is 0.319. The van der Waals surface area contributed by atoms with Crippen molar-refractivity contribution in [2.45, 2.75) is 32.6 Å². The number of hydrogen-bond donors (Lipinski definition) is 0. The third kappa shape index (κ3) is 5.06. The van der Waals surface area contributed by atoms with E-state index in [0.29, 0.717) is 5.56 Å². The molecule has 5 heteroatoms. The summed E-state index contributed by atoms with van der Waals surface area (Å²) in [6.45, 7) is 9.07. The van der Waals surface area contributed by atoms with Crippen LogP contribution in [0.3, 0.4) is 0 Å². The van der Waals surface area contributed by atoms with Crippen molar-refractivity contribution in [3.8, 4) is 0 Å². The first-order valence-corrected chi connectivity index (χ1v) is 7.40. The highest BCUT2D eigenvalue weighted by molar-refractivity contribution is 6.06. The van der Waals surface area contributed by atoms with Gasteiger partial charge in [0.15, 0.2) is 5.78 Å². The van der Waals surface area contributed by atoms with Gasteiger partial charge in [0, 0.05) is 5.56 Å². The smallest absolute Gasteiger partial charge is 0.316 e. The average Bonchev–Trinajstić information content (AvgIpc) is 2.52. The Morgan fingerprint density at radius 1 is 1.13 bits per heavy atom. The van der Waals surface area contributed by atoms with Crippen LogP contribution in [0.2, 0.25) is 0 Å². The molecule has 0 spiro atoms. The molecular formula is C18H22O5. The van der Waals surface area contributed by atoms with Crippen molar-refractivity contribution in [2.24, 2.45) is 0 Å². The van der Waals surface area contributed by atoms with E-state index in [1.54, 1.807) is 45.0 Å². The third-order valence-electron chi connectivity index (χ3n) is 3.38. The van der Waals surface area contributed by atoms with E-state index in [4.69, 9.17) is 9.47 Å². The van der Waals surface area contributed by atoms with E-state index in [9.17, 15) is 14.4 Å². The third-order valence-corrected chi connectivity index (χ3v) is 3.38. The van der Waals surface area contributed by atoms with E-state index < -0.39 is 11.4 Å². The van der Waals surface area contributed by atoms with Gasteiger partial charge in [-0.05, 0) is 26.3 Å². The van der Waals surface area contributed by atoms with Gasteiger partial charge < -0.3 is 9.47 Å². The van der Waals surface area contributed by atoms with Crippen molar-refractivity contribution in [1.82, 2.24) is 0 Å². The molecule has 0 bridgehead atoms. The maximum Gasteiger partial charge on any atom is 0.316 e. The van der Waals surface area contributed by atoms with Crippen molar-refractivity contribution >= 4 is 17.7 Å². The number of ether oxygens (including phenoxy) is 2. The Morgan fingerprint density at radius 3 is 2.26 bits per heavy atom. The molecule has 1 rings (SSSR count). The molecule has 0 aliphatic carbocycles. The highest BCUT2D eigenvalue weighted by Gasteiger charge is 2.31. The molecule has 1 aromatic rings. The Hall–Kier alpha value is -2.43. The van der Waals surface area contributed by atoms with Gasteiger partial charge in [-0.15, -0.1) is 0 Å². The Kier molecular flexibility index (Phi) is 6.69. The van der Waals surface area contributed by atoms with Crippen molar-refractivity contribution in [3.05, 3.63) is 48.0 Å². The van der Waals surface area contributed by atoms with Crippen molar-refractivity contribution in [3.63, 3.8) is 0 Å². The molecule has 0 amide bonds. The molecule has 0 aliphatic rings. The molecule has 0 atom stereocenters. The van der Waals surface area contributed by atoms with Crippen molar-refractivity contribution in [1.29, 1.82) is 0 Å². The molecule has 0 unspecified atom stereocenters. The minimum atomic E-state index is -0.842. The number of benzene rings is 1. The molecule has 1 aromatic carbocycles. The molecule has 0 N–H and O–H groups in total. The fourth-order valence-electron chi connectivity index (χ4n) is 1.95. The predicted octanol–water partition coefficient (Wildman–Crippen LogP) is 2.83. The van der Waals surface area contributed by atoms with E-state index in [0.717, 1.165) is 5.56 Å². The number of carbonyl (C=O) groups is 3. The summed E-state index contributed by atoms with van der Waals surface area (Å²) < 4.78 is 9.83. The van der Waals surface area contributed by atoms with Gasteiger partial charge in [-0.25, -0.2) is 0 Å². The van der Waals surface area contributed by atoms with Crippen molar-refractivity contribution < 1.29 is 23.9 Å². The minimum absolute atomic E-state index is 0.151. The van der Waals surface area contributed by atoms with Crippen LogP contribution in [-0.4, -0.2) is 30.9 Å². The molecule has 23 heavy (non-hydrogen) atoms. The lowest BCUT2D eigenvalue weighted by atomic mass is 9.84. The van der Waals surface area contributed by atoms with Crippen LogP contribution < -0.4 is 0 Å². The Bertz CT molecular complexity index is 584. The second kappa shape index (κ2) is 8.27. The standard InChI is InChI=1S/C18H22O5/c1-5-11-23-17(21)18(3,4)14-9-7-13(8-10-14)15(19)12-16(20)22-6-2/h5,7-10H,1,6,11-12H2,2-4H3. The molecule has 0 saturated carbocycles. The van der Waals surface area contributed by atoms with Crippen LogP contribution in [0.25, 0.3) is 0 Å². The van der Waals surface area contributed by atoms with E-state index in [1.165, 1.54) is 6.08 Å². The second-order valence-corrected chi connectivity index (χ2v) is 5.49. The fourth-order valence-corrected chi connectivity index (χ4v) is 1.95. The van der Waals surface area contributed by atoms with Crippen molar-refractivity contribution in [2.75, 3.05) is 13.2 Å². The van der Waals surface area contributed by atoms with Gasteiger partial charge >= 0.3 is 11.9 Å². The molecule has 0 saturated heterocycles. The van der Waals surface area contributed by atoms with Gasteiger partial charge in [0.2, 0.25) is 0 Å².